The molecule has 0 radical (unpaired) electrons. The Bertz CT molecular complexity index is 373. The predicted molar refractivity (Wildman–Crippen MR) is 64.1 cm³/mol. The Kier molecular flexibility index (Phi) is 4.70. The average Bonchev–Trinajstić information content (AvgIpc) is 2.20. The van der Waals surface area contributed by atoms with E-state index in [1.165, 1.54) is 23.9 Å². The molecule has 0 bridgehead atoms. The molecule has 1 rings (SSSR count). The van der Waals surface area contributed by atoms with Crippen molar-refractivity contribution in [3.8, 4) is 0 Å². The lowest BCUT2D eigenvalue weighted by molar-refractivity contribution is -0.384. The number of hydrogen-bond donors (Lipinski definition) is 0. The number of benzene rings is 1. The number of nitro benzene ring substituents is 1. The molecule has 6 heteroatoms. The van der Waals surface area contributed by atoms with Gasteiger partial charge in [-0.05, 0) is 6.07 Å². The fraction of sp³-hybridized carbons (Fsp3) is 0.333. The van der Waals surface area contributed by atoms with Gasteiger partial charge in [-0.3, -0.25) is 10.1 Å². The second kappa shape index (κ2) is 5.58. The molecule has 0 saturated carbocycles. The summed E-state index contributed by atoms with van der Waals surface area (Å²) < 4.78 is 0. The van der Waals surface area contributed by atoms with E-state index in [-0.39, 0.29) is 10.9 Å². The fourth-order valence-corrected chi connectivity index (χ4v) is 2.26. The zero-order chi connectivity index (χ0) is 11.4. The van der Waals surface area contributed by atoms with Gasteiger partial charge in [0, 0.05) is 28.2 Å². The number of halogens is 2. The lowest BCUT2D eigenvalue weighted by atomic mass is 10.3. The first kappa shape index (κ1) is 12.6. The van der Waals surface area contributed by atoms with Crippen LogP contribution in [0, 0.1) is 10.1 Å². The van der Waals surface area contributed by atoms with Crippen LogP contribution < -0.4 is 0 Å². The van der Waals surface area contributed by atoms with E-state index < -0.39 is 4.92 Å². The number of hydrogen-bond acceptors (Lipinski definition) is 3. The molecule has 0 N–H and O–H groups in total. The number of alkyl halides is 1. The molecule has 0 aliphatic rings. The molecule has 0 aliphatic carbocycles. The molecule has 0 aliphatic heterocycles. The van der Waals surface area contributed by atoms with Gasteiger partial charge in [0.2, 0.25) is 0 Å². The standard InChI is InChI=1S/C9H9Cl2NO2S/c1-6(5-10)15-9-3-2-7(12(13)14)4-8(9)11/h2-4,6H,5H2,1H3. The highest BCUT2D eigenvalue weighted by molar-refractivity contribution is 8.00. The molecule has 1 atom stereocenters. The molecule has 0 aromatic heterocycles. The Labute approximate surface area is 102 Å². The smallest absolute Gasteiger partial charge is 0.258 e. The largest absolute Gasteiger partial charge is 0.270 e. The maximum atomic E-state index is 10.5. The van der Waals surface area contributed by atoms with Gasteiger partial charge in [-0.15, -0.1) is 23.4 Å². The quantitative estimate of drug-likeness (QED) is 0.358. The molecule has 0 heterocycles. The van der Waals surface area contributed by atoms with Crippen LogP contribution in [-0.2, 0) is 0 Å². The van der Waals surface area contributed by atoms with Gasteiger partial charge < -0.3 is 0 Å². The van der Waals surface area contributed by atoms with Crippen molar-refractivity contribution in [3.05, 3.63) is 33.3 Å². The second-order valence-electron chi connectivity index (χ2n) is 2.95. The van der Waals surface area contributed by atoms with E-state index in [0.29, 0.717) is 10.9 Å². The van der Waals surface area contributed by atoms with Crippen LogP contribution in [0.3, 0.4) is 0 Å². The maximum Gasteiger partial charge on any atom is 0.270 e. The fourth-order valence-electron chi connectivity index (χ4n) is 0.947. The third kappa shape index (κ3) is 3.55. The molecular weight excluding hydrogens is 257 g/mol. The van der Waals surface area contributed by atoms with Gasteiger partial charge in [-0.1, -0.05) is 18.5 Å². The predicted octanol–water partition coefficient (Wildman–Crippen LogP) is 3.97. The molecule has 0 spiro atoms. The Morgan fingerprint density at radius 2 is 2.27 bits per heavy atom. The minimum absolute atomic E-state index is 0.00266. The van der Waals surface area contributed by atoms with Crippen molar-refractivity contribution in [3.63, 3.8) is 0 Å². The highest BCUT2D eigenvalue weighted by Gasteiger charge is 2.11. The molecule has 0 amide bonds. The second-order valence-corrected chi connectivity index (χ2v) is 5.15. The van der Waals surface area contributed by atoms with Gasteiger partial charge in [0.05, 0.1) is 9.95 Å². The summed E-state index contributed by atoms with van der Waals surface area (Å²) in [6, 6.07) is 4.44. The van der Waals surface area contributed by atoms with Crippen molar-refractivity contribution in [2.24, 2.45) is 0 Å². The van der Waals surface area contributed by atoms with Crippen LogP contribution in [0.1, 0.15) is 6.92 Å². The normalized spacial score (nSPS) is 12.5. The Balaban J connectivity index is 2.88. The van der Waals surface area contributed by atoms with E-state index >= 15 is 0 Å². The van der Waals surface area contributed by atoms with E-state index in [4.69, 9.17) is 23.2 Å². The summed E-state index contributed by atoms with van der Waals surface area (Å²) in [7, 11) is 0. The van der Waals surface area contributed by atoms with Crippen LogP contribution in [0.15, 0.2) is 23.1 Å². The van der Waals surface area contributed by atoms with E-state index in [2.05, 4.69) is 0 Å². The molecule has 1 aromatic rings. The lowest BCUT2D eigenvalue weighted by Gasteiger charge is -2.08. The first-order chi connectivity index (χ1) is 7.04. The van der Waals surface area contributed by atoms with Gasteiger partial charge in [0.1, 0.15) is 0 Å². The zero-order valence-corrected chi connectivity index (χ0v) is 10.3. The number of nitro groups is 1. The van der Waals surface area contributed by atoms with Crippen LogP contribution >= 0.6 is 35.0 Å². The SMILES string of the molecule is CC(CCl)Sc1ccc([N+](=O)[O-])cc1Cl. The van der Waals surface area contributed by atoms with Crippen LogP contribution in [-0.4, -0.2) is 16.1 Å². The molecule has 1 unspecified atom stereocenters. The van der Waals surface area contributed by atoms with Crippen molar-refractivity contribution >= 4 is 40.7 Å². The van der Waals surface area contributed by atoms with Gasteiger partial charge in [0.25, 0.3) is 5.69 Å². The van der Waals surface area contributed by atoms with Crippen LogP contribution in [0.4, 0.5) is 5.69 Å². The molecule has 3 nitrogen and oxygen atoms in total. The van der Waals surface area contributed by atoms with Gasteiger partial charge in [0.15, 0.2) is 0 Å². The molecule has 15 heavy (non-hydrogen) atoms. The van der Waals surface area contributed by atoms with Crippen molar-refractivity contribution < 1.29 is 4.92 Å². The number of thioether (sulfide) groups is 1. The summed E-state index contributed by atoms with van der Waals surface area (Å²) in [6.45, 7) is 1.97. The first-order valence-corrected chi connectivity index (χ1v) is 6.00. The summed E-state index contributed by atoms with van der Waals surface area (Å²) in [5.41, 5.74) is 0.00266. The van der Waals surface area contributed by atoms with Gasteiger partial charge in [-0.25, -0.2) is 0 Å². The van der Waals surface area contributed by atoms with Gasteiger partial charge in [-0.2, -0.15) is 0 Å². The average molecular weight is 266 g/mol. The Hall–Kier alpha value is -0.450. The molecular formula is C9H9Cl2NO2S. The van der Waals surface area contributed by atoms with Crippen LogP contribution in [0.2, 0.25) is 5.02 Å². The van der Waals surface area contributed by atoms with E-state index in [1.54, 1.807) is 6.07 Å². The first-order valence-electron chi connectivity index (χ1n) is 4.21. The van der Waals surface area contributed by atoms with Crippen LogP contribution in [0.25, 0.3) is 0 Å². The molecule has 82 valence electrons. The summed E-state index contributed by atoms with van der Waals surface area (Å²) >= 11 is 13.1. The minimum Gasteiger partial charge on any atom is -0.258 e. The molecule has 0 saturated heterocycles. The zero-order valence-electron chi connectivity index (χ0n) is 7.94. The molecule has 0 fully saturated rings. The van der Waals surface area contributed by atoms with E-state index in [9.17, 15) is 10.1 Å². The summed E-state index contributed by atoms with van der Waals surface area (Å²) in [5.74, 6) is 0.512. The van der Waals surface area contributed by atoms with Gasteiger partial charge >= 0.3 is 0 Å². The Morgan fingerprint density at radius 3 is 2.73 bits per heavy atom. The third-order valence-corrected chi connectivity index (χ3v) is 3.92. The van der Waals surface area contributed by atoms with E-state index in [0.717, 1.165) is 4.90 Å². The third-order valence-electron chi connectivity index (χ3n) is 1.67. The van der Waals surface area contributed by atoms with Crippen molar-refractivity contribution in [1.29, 1.82) is 0 Å². The minimum atomic E-state index is -0.467. The van der Waals surface area contributed by atoms with Crippen LogP contribution in [0.5, 0.6) is 0 Å². The highest BCUT2D eigenvalue weighted by Crippen LogP contribution is 2.33. The van der Waals surface area contributed by atoms with Crippen molar-refractivity contribution in [2.75, 3.05) is 5.88 Å². The summed E-state index contributed by atoms with van der Waals surface area (Å²) in [6.07, 6.45) is 0. The summed E-state index contributed by atoms with van der Waals surface area (Å²) in [4.78, 5) is 10.8. The molecule has 1 aromatic carbocycles. The topological polar surface area (TPSA) is 43.1 Å². The highest BCUT2D eigenvalue weighted by atomic mass is 35.5. The number of rotatable bonds is 4. The van der Waals surface area contributed by atoms with Crippen molar-refractivity contribution in [2.45, 2.75) is 17.1 Å². The summed E-state index contributed by atoms with van der Waals surface area (Å²) in [5, 5.41) is 11.1. The Morgan fingerprint density at radius 1 is 1.60 bits per heavy atom. The maximum absolute atomic E-state index is 10.5. The lowest BCUT2D eigenvalue weighted by Crippen LogP contribution is -1.97. The monoisotopic (exact) mass is 265 g/mol. The number of nitrogens with zero attached hydrogens (tertiary/aromatic N) is 1. The number of non-ortho nitro benzene ring substituents is 1. The van der Waals surface area contributed by atoms with E-state index in [1.807, 2.05) is 6.92 Å². The van der Waals surface area contributed by atoms with Crippen molar-refractivity contribution in [1.82, 2.24) is 0 Å².